The first kappa shape index (κ1) is 18.3. The molecule has 0 aromatic carbocycles. The summed E-state index contributed by atoms with van der Waals surface area (Å²) in [6.07, 6.45) is 15.1. The average molecular weight is 302 g/mol. The van der Waals surface area contributed by atoms with Gasteiger partial charge >= 0.3 is 0 Å². The van der Waals surface area contributed by atoms with Crippen molar-refractivity contribution in [2.24, 2.45) is 5.92 Å². The van der Waals surface area contributed by atoms with Gasteiger partial charge in [0.1, 0.15) is 0 Å². The first-order chi connectivity index (χ1) is 10.6. The Bertz CT molecular complexity index is 452. The summed E-state index contributed by atoms with van der Waals surface area (Å²) in [5, 5.41) is 5.84. The molecule has 0 saturated heterocycles. The van der Waals surface area contributed by atoms with Crippen molar-refractivity contribution >= 4 is 6.41 Å². The van der Waals surface area contributed by atoms with Gasteiger partial charge in [0.05, 0.1) is 5.82 Å². The Labute approximate surface area is 135 Å². The molecule has 0 aromatic rings. The first-order valence-electron chi connectivity index (χ1n) is 8.26. The third-order valence-electron chi connectivity index (χ3n) is 4.33. The van der Waals surface area contributed by atoms with Gasteiger partial charge in [-0.25, -0.2) is 0 Å². The van der Waals surface area contributed by atoms with Gasteiger partial charge in [0.2, 0.25) is 6.41 Å². The standard InChI is InChI=1S/C19H30N2O/c1-5-7-17(6-2)9-8-15(3)18-10-12-19(13-11-18)21-16(4)20-14-22/h5,7-9,14,18-19,21H,4,6,10-13H2,1-3H3,(H,20,22)/b7-5-,15-8+,17-9-. The Morgan fingerprint density at radius 1 is 1.23 bits per heavy atom. The molecule has 1 fully saturated rings. The summed E-state index contributed by atoms with van der Waals surface area (Å²) in [7, 11) is 0. The number of hydrogen-bond donors (Lipinski definition) is 2. The number of carbonyl (C=O) groups excluding carboxylic acids is 1. The Hall–Kier alpha value is -1.77. The Balaban J connectivity index is 2.49. The minimum atomic E-state index is 0.425. The van der Waals surface area contributed by atoms with Crippen LogP contribution < -0.4 is 10.6 Å². The van der Waals surface area contributed by atoms with Crippen molar-refractivity contribution in [2.45, 2.75) is 58.9 Å². The zero-order valence-corrected chi connectivity index (χ0v) is 14.2. The SMILES string of the molecule is C=C(NC=O)NC1CCC(/C(C)=C/C=C(\C=C/C)CC)CC1. The molecule has 122 valence electrons. The van der Waals surface area contributed by atoms with Gasteiger partial charge in [-0.15, -0.1) is 0 Å². The summed E-state index contributed by atoms with van der Waals surface area (Å²) in [6.45, 7) is 10.3. The van der Waals surface area contributed by atoms with E-state index >= 15 is 0 Å². The Morgan fingerprint density at radius 3 is 2.45 bits per heavy atom. The molecule has 2 N–H and O–H groups in total. The topological polar surface area (TPSA) is 41.1 Å². The summed E-state index contributed by atoms with van der Waals surface area (Å²) >= 11 is 0. The van der Waals surface area contributed by atoms with Crippen LogP contribution in [0.25, 0.3) is 0 Å². The van der Waals surface area contributed by atoms with Crippen molar-refractivity contribution < 1.29 is 4.79 Å². The van der Waals surface area contributed by atoms with Gasteiger partial charge in [0.25, 0.3) is 0 Å². The fourth-order valence-corrected chi connectivity index (χ4v) is 2.93. The molecule has 1 aliphatic rings. The van der Waals surface area contributed by atoms with Crippen LogP contribution in [0.3, 0.4) is 0 Å². The Kier molecular flexibility index (Phi) is 8.34. The summed E-state index contributed by atoms with van der Waals surface area (Å²) in [5.74, 6) is 1.28. The lowest BCUT2D eigenvalue weighted by atomic mass is 9.81. The second-order valence-electron chi connectivity index (χ2n) is 5.94. The fraction of sp³-hybridized carbons (Fsp3) is 0.526. The van der Waals surface area contributed by atoms with Crippen LogP contribution in [0.4, 0.5) is 0 Å². The van der Waals surface area contributed by atoms with Gasteiger partial charge in [-0.2, -0.15) is 0 Å². The maximum absolute atomic E-state index is 10.4. The van der Waals surface area contributed by atoms with Crippen molar-refractivity contribution in [3.63, 3.8) is 0 Å². The van der Waals surface area contributed by atoms with Gasteiger partial charge in [-0.1, -0.05) is 43.4 Å². The highest BCUT2D eigenvalue weighted by molar-refractivity contribution is 5.49. The molecule has 3 nitrogen and oxygen atoms in total. The molecule has 0 radical (unpaired) electrons. The minimum absolute atomic E-state index is 0.425. The first-order valence-corrected chi connectivity index (χ1v) is 8.26. The smallest absolute Gasteiger partial charge is 0.212 e. The summed E-state index contributed by atoms with van der Waals surface area (Å²) in [5.41, 5.74) is 2.84. The van der Waals surface area contributed by atoms with E-state index in [9.17, 15) is 4.79 Å². The van der Waals surface area contributed by atoms with Gasteiger partial charge in [0, 0.05) is 6.04 Å². The van der Waals surface area contributed by atoms with E-state index in [1.54, 1.807) is 0 Å². The predicted octanol–water partition coefficient (Wildman–Crippen LogP) is 4.21. The van der Waals surface area contributed by atoms with E-state index in [0.29, 0.717) is 24.2 Å². The van der Waals surface area contributed by atoms with Crippen LogP contribution in [-0.4, -0.2) is 12.5 Å². The second kappa shape index (κ2) is 10.0. The molecule has 1 aliphatic carbocycles. The maximum Gasteiger partial charge on any atom is 0.212 e. The highest BCUT2D eigenvalue weighted by Gasteiger charge is 2.21. The van der Waals surface area contributed by atoms with Crippen molar-refractivity contribution in [1.82, 2.24) is 10.6 Å². The second-order valence-corrected chi connectivity index (χ2v) is 5.94. The fourth-order valence-electron chi connectivity index (χ4n) is 2.93. The molecule has 0 heterocycles. The van der Waals surface area contributed by atoms with E-state index < -0.39 is 0 Å². The Morgan fingerprint density at radius 2 is 1.91 bits per heavy atom. The summed E-state index contributed by atoms with van der Waals surface area (Å²) in [4.78, 5) is 10.4. The van der Waals surface area contributed by atoms with Crippen LogP contribution in [-0.2, 0) is 4.79 Å². The highest BCUT2D eigenvalue weighted by Crippen LogP contribution is 2.30. The van der Waals surface area contributed by atoms with E-state index in [4.69, 9.17) is 0 Å². The zero-order valence-electron chi connectivity index (χ0n) is 14.2. The number of allylic oxidation sites excluding steroid dienone is 6. The number of amides is 1. The summed E-state index contributed by atoms with van der Waals surface area (Å²) in [6, 6.07) is 0.425. The van der Waals surface area contributed by atoms with Gasteiger partial charge in [0.15, 0.2) is 0 Å². The molecule has 0 aromatic heterocycles. The van der Waals surface area contributed by atoms with Gasteiger partial charge in [-0.3, -0.25) is 4.79 Å². The average Bonchev–Trinajstić information content (AvgIpc) is 2.52. The van der Waals surface area contributed by atoms with Crippen molar-refractivity contribution in [2.75, 3.05) is 0 Å². The quantitative estimate of drug-likeness (QED) is 0.521. The lowest BCUT2D eigenvalue weighted by Gasteiger charge is -2.30. The molecule has 1 rings (SSSR count). The number of hydrogen-bond acceptors (Lipinski definition) is 2. The van der Waals surface area contributed by atoms with Crippen molar-refractivity contribution in [3.05, 3.63) is 47.9 Å². The molecule has 0 atom stereocenters. The van der Waals surface area contributed by atoms with E-state index in [1.807, 2.05) is 0 Å². The third-order valence-corrected chi connectivity index (χ3v) is 4.33. The molecule has 3 heteroatoms. The number of carbonyl (C=O) groups is 1. The van der Waals surface area contributed by atoms with Crippen molar-refractivity contribution in [3.8, 4) is 0 Å². The normalized spacial score (nSPS) is 23.4. The van der Waals surface area contributed by atoms with Crippen LogP contribution in [0.1, 0.15) is 52.9 Å². The van der Waals surface area contributed by atoms with E-state index in [2.05, 4.69) is 62.3 Å². The van der Waals surface area contributed by atoms with Crippen LogP contribution in [0.5, 0.6) is 0 Å². The molecular formula is C19H30N2O. The van der Waals surface area contributed by atoms with Crippen LogP contribution in [0, 0.1) is 5.92 Å². The molecular weight excluding hydrogens is 272 g/mol. The molecule has 0 unspecified atom stereocenters. The van der Waals surface area contributed by atoms with E-state index in [1.165, 1.54) is 24.0 Å². The van der Waals surface area contributed by atoms with Gasteiger partial charge < -0.3 is 10.6 Å². The third kappa shape index (κ3) is 6.33. The molecule has 0 aliphatic heterocycles. The maximum atomic E-state index is 10.4. The molecule has 1 amide bonds. The largest absolute Gasteiger partial charge is 0.369 e. The lowest BCUT2D eigenvalue weighted by Crippen LogP contribution is -2.36. The van der Waals surface area contributed by atoms with E-state index in [0.717, 1.165) is 19.3 Å². The minimum Gasteiger partial charge on any atom is -0.369 e. The molecule has 22 heavy (non-hydrogen) atoms. The summed E-state index contributed by atoms with van der Waals surface area (Å²) < 4.78 is 0. The van der Waals surface area contributed by atoms with Crippen molar-refractivity contribution in [1.29, 1.82) is 0 Å². The highest BCUT2D eigenvalue weighted by atomic mass is 16.1. The molecule has 0 spiro atoms. The van der Waals surface area contributed by atoms with Crippen LogP contribution >= 0.6 is 0 Å². The van der Waals surface area contributed by atoms with E-state index in [-0.39, 0.29) is 0 Å². The van der Waals surface area contributed by atoms with Crippen LogP contribution in [0.2, 0.25) is 0 Å². The number of rotatable bonds is 8. The molecule has 0 bridgehead atoms. The monoisotopic (exact) mass is 302 g/mol. The van der Waals surface area contributed by atoms with Gasteiger partial charge in [-0.05, 0) is 57.4 Å². The number of nitrogens with one attached hydrogen (secondary N) is 2. The lowest BCUT2D eigenvalue weighted by molar-refractivity contribution is -0.109. The predicted molar refractivity (Wildman–Crippen MR) is 94.2 cm³/mol. The zero-order chi connectivity index (χ0) is 16.4. The molecule has 1 saturated carbocycles. The van der Waals surface area contributed by atoms with Crippen LogP contribution in [0.15, 0.2) is 47.9 Å².